The average Bonchev–Trinajstić information content (AvgIpc) is 1.95. The Morgan fingerprint density at radius 1 is 1.50 bits per heavy atom. The van der Waals surface area contributed by atoms with Crippen LogP contribution in [0.25, 0.3) is 0 Å². The van der Waals surface area contributed by atoms with Crippen LogP contribution in [0.3, 0.4) is 0 Å². The van der Waals surface area contributed by atoms with Crippen molar-refractivity contribution >= 4 is 11.6 Å². The Hall–Kier alpha value is -0.600. The monoisotopic (exact) mass is 156 g/mol. The van der Waals surface area contributed by atoms with Gasteiger partial charge in [0.1, 0.15) is 0 Å². The van der Waals surface area contributed by atoms with Gasteiger partial charge in [-0.25, -0.2) is 0 Å². The zero-order valence-electron chi connectivity index (χ0n) is 5.55. The molecule has 0 saturated carbocycles. The molecule has 0 fully saturated rings. The highest BCUT2D eigenvalue weighted by atomic mass is 35.5. The summed E-state index contributed by atoms with van der Waals surface area (Å²) in [6.07, 6.45) is 2.45. The fourth-order valence-corrected chi connectivity index (χ4v) is 0.814. The Labute approximate surface area is 65.0 Å². The Bertz CT molecular complexity index is 195. The van der Waals surface area contributed by atoms with Crippen molar-refractivity contribution in [3.05, 3.63) is 29.0 Å². The molecule has 0 aliphatic carbocycles. The van der Waals surface area contributed by atoms with Crippen molar-refractivity contribution in [2.45, 2.75) is 6.42 Å². The van der Waals surface area contributed by atoms with Crippen LogP contribution in [0.2, 0.25) is 5.02 Å². The van der Waals surface area contributed by atoms with E-state index in [1.54, 1.807) is 6.20 Å². The molecule has 0 aliphatic heterocycles. The van der Waals surface area contributed by atoms with Crippen LogP contribution in [0.1, 0.15) is 5.69 Å². The van der Waals surface area contributed by atoms with Crippen molar-refractivity contribution in [3.63, 3.8) is 0 Å². The molecule has 0 spiro atoms. The summed E-state index contributed by atoms with van der Waals surface area (Å²) >= 11 is 5.62. The number of aromatic nitrogens is 1. The van der Waals surface area contributed by atoms with Crippen molar-refractivity contribution in [2.24, 2.45) is 5.73 Å². The van der Waals surface area contributed by atoms with Gasteiger partial charge in [0, 0.05) is 18.3 Å². The predicted molar refractivity (Wildman–Crippen MR) is 42.0 cm³/mol. The van der Waals surface area contributed by atoms with E-state index in [0.717, 1.165) is 12.1 Å². The van der Waals surface area contributed by atoms with E-state index in [9.17, 15) is 0 Å². The zero-order chi connectivity index (χ0) is 7.40. The molecule has 0 unspecified atom stereocenters. The molecule has 3 heteroatoms. The molecule has 0 atom stereocenters. The Morgan fingerprint density at radius 2 is 2.30 bits per heavy atom. The van der Waals surface area contributed by atoms with Gasteiger partial charge in [0.05, 0.1) is 5.02 Å². The molecule has 0 radical (unpaired) electrons. The molecular formula is C7H9ClN2. The molecule has 2 N–H and O–H groups in total. The summed E-state index contributed by atoms with van der Waals surface area (Å²) in [5.74, 6) is 0. The Kier molecular flexibility index (Phi) is 2.66. The van der Waals surface area contributed by atoms with Gasteiger partial charge >= 0.3 is 0 Å². The molecule has 1 rings (SSSR count). The van der Waals surface area contributed by atoms with Crippen molar-refractivity contribution in [2.75, 3.05) is 6.54 Å². The van der Waals surface area contributed by atoms with E-state index < -0.39 is 0 Å². The van der Waals surface area contributed by atoms with Crippen LogP contribution in [0.15, 0.2) is 18.3 Å². The van der Waals surface area contributed by atoms with Crippen LogP contribution in [0.5, 0.6) is 0 Å². The summed E-state index contributed by atoms with van der Waals surface area (Å²) in [7, 11) is 0. The number of rotatable bonds is 2. The normalized spacial score (nSPS) is 9.80. The summed E-state index contributed by atoms with van der Waals surface area (Å²) in [6, 6.07) is 3.70. The van der Waals surface area contributed by atoms with Crippen molar-refractivity contribution in [1.29, 1.82) is 0 Å². The molecule has 0 aromatic carbocycles. The molecule has 1 aromatic rings. The van der Waals surface area contributed by atoms with Gasteiger partial charge in [0.25, 0.3) is 0 Å². The van der Waals surface area contributed by atoms with Crippen LogP contribution in [0.4, 0.5) is 0 Å². The molecule has 0 aliphatic rings. The van der Waals surface area contributed by atoms with Gasteiger partial charge in [-0.2, -0.15) is 0 Å². The first kappa shape index (κ1) is 7.51. The smallest absolute Gasteiger partial charge is 0.0589 e. The Balaban J connectivity index is 2.69. The second kappa shape index (κ2) is 3.54. The summed E-state index contributed by atoms with van der Waals surface area (Å²) < 4.78 is 0. The number of halogens is 1. The molecule has 1 aromatic heterocycles. The molecule has 10 heavy (non-hydrogen) atoms. The van der Waals surface area contributed by atoms with E-state index >= 15 is 0 Å². The first-order valence-electron chi connectivity index (χ1n) is 3.13. The largest absolute Gasteiger partial charge is 0.330 e. The predicted octanol–water partition coefficient (Wildman–Crippen LogP) is 1.24. The van der Waals surface area contributed by atoms with E-state index in [1.165, 1.54) is 0 Å². The van der Waals surface area contributed by atoms with E-state index in [1.807, 2.05) is 12.1 Å². The molecule has 0 amide bonds. The number of hydrogen-bond acceptors (Lipinski definition) is 2. The van der Waals surface area contributed by atoms with Gasteiger partial charge in [-0.1, -0.05) is 11.6 Å². The van der Waals surface area contributed by atoms with Gasteiger partial charge in [-0.3, -0.25) is 4.98 Å². The minimum atomic E-state index is 0.634. The lowest BCUT2D eigenvalue weighted by Crippen LogP contribution is -2.03. The van der Waals surface area contributed by atoms with Crippen molar-refractivity contribution in [1.82, 2.24) is 4.98 Å². The third-order valence-corrected chi connectivity index (χ3v) is 1.41. The number of nitrogens with zero attached hydrogens (tertiary/aromatic N) is 1. The standard InChI is InChI=1S/C7H9ClN2/c8-6-1-2-7(3-4-9)10-5-6/h1-2,5H,3-4,9H2. The average molecular weight is 157 g/mol. The molecule has 2 nitrogen and oxygen atoms in total. The summed E-state index contributed by atoms with van der Waals surface area (Å²) in [6.45, 7) is 0.634. The number of nitrogens with two attached hydrogens (primary N) is 1. The minimum Gasteiger partial charge on any atom is -0.330 e. The van der Waals surface area contributed by atoms with Crippen LogP contribution in [-0.2, 0) is 6.42 Å². The molecule has 0 bridgehead atoms. The summed E-state index contributed by atoms with van der Waals surface area (Å²) in [4.78, 5) is 4.06. The fourth-order valence-electron chi connectivity index (χ4n) is 0.702. The first-order chi connectivity index (χ1) is 4.83. The van der Waals surface area contributed by atoms with Gasteiger partial charge in [-0.05, 0) is 18.7 Å². The topological polar surface area (TPSA) is 38.9 Å². The van der Waals surface area contributed by atoms with Gasteiger partial charge in [0.2, 0.25) is 0 Å². The molecule has 1 heterocycles. The van der Waals surface area contributed by atoms with Crippen molar-refractivity contribution < 1.29 is 0 Å². The maximum absolute atomic E-state index is 5.62. The van der Waals surface area contributed by atoms with Crippen LogP contribution in [0, 0.1) is 0 Å². The van der Waals surface area contributed by atoms with E-state index in [2.05, 4.69) is 4.98 Å². The quantitative estimate of drug-likeness (QED) is 0.700. The number of hydrogen-bond donors (Lipinski definition) is 1. The molecule has 54 valence electrons. The second-order valence-electron chi connectivity index (χ2n) is 2.01. The lowest BCUT2D eigenvalue weighted by Gasteiger charge is -1.95. The van der Waals surface area contributed by atoms with Gasteiger partial charge in [-0.15, -0.1) is 0 Å². The molecular weight excluding hydrogens is 148 g/mol. The van der Waals surface area contributed by atoms with Crippen molar-refractivity contribution in [3.8, 4) is 0 Å². The third kappa shape index (κ3) is 1.97. The third-order valence-electron chi connectivity index (χ3n) is 1.19. The number of pyridine rings is 1. The Morgan fingerprint density at radius 3 is 2.80 bits per heavy atom. The summed E-state index contributed by atoms with van der Waals surface area (Å²) in [5.41, 5.74) is 6.32. The fraction of sp³-hybridized carbons (Fsp3) is 0.286. The van der Waals surface area contributed by atoms with E-state index in [-0.39, 0.29) is 0 Å². The minimum absolute atomic E-state index is 0.634. The highest BCUT2D eigenvalue weighted by Crippen LogP contribution is 2.05. The highest BCUT2D eigenvalue weighted by Gasteiger charge is 1.90. The van der Waals surface area contributed by atoms with Crippen LogP contribution < -0.4 is 5.73 Å². The molecule has 0 saturated heterocycles. The first-order valence-corrected chi connectivity index (χ1v) is 3.51. The van der Waals surface area contributed by atoms with E-state index in [0.29, 0.717) is 11.6 Å². The maximum atomic E-state index is 5.62. The highest BCUT2D eigenvalue weighted by molar-refractivity contribution is 6.30. The lowest BCUT2D eigenvalue weighted by atomic mass is 10.3. The van der Waals surface area contributed by atoms with Crippen LogP contribution >= 0.6 is 11.6 Å². The van der Waals surface area contributed by atoms with Gasteiger partial charge in [0.15, 0.2) is 0 Å². The zero-order valence-corrected chi connectivity index (χ0v) is 6.30. The maximum Gasteiger partial charge on any atom is 0.0589 e. The van der Waals surface area contributed by atoms with E-state index in [4.69, 9.17) is 17.3 Å². The summed E-state index contributed by atoms with van der Waals surface area (Å²) in [5, 5.41) is 0.667. The van der Waals surface area contributed by atoms with Crippen LogP contribution in [-0.4, -0.2) is 11.5 Å². The SMILES string of the molecule is NCCc1ccc(Cl)cn1. The lowest BCUT2D eigenvalue weighted by molar-refractivity contribution is 0.923. The second-order valence-corrected chi connectivity index (χ2v) is 2.44. The van der Waals surface area contributed by atoms with Gasteiger partial charge < -0.3 is 5.73 Å².